The SMILES string of the molecule is COc1cc(Br)c(CNC2CCNC2)cc1OC. The summed E-state index contributed by atoms with van der Waals surface area (Å²) in [7, 11) is 3.30. The van der Waals surface area contributed by atoms with Crippen molar-refractivity contribution in [3.8, 4) is 11.5 Å². The lowest BCUT2D eigenvalue weighted by molar-refractivity contribution is 0.354. The molecule has 0 aromatic heterocycles. The number of hydrogen-bond acceptors (Lipinski definition) is 4. The molecule has 1 aliphatic rings. The van der Waals surface area contributed by atoms with Gasteiger partial charge in [-0.1, -0.05) is 15.9 Å². The number of rotatable bonds is 5. The molecule has 0 saturated carbocycles. The molecule has 1 aromatic rings. The van der Waals surface area contributed by atoms with Crippen LogP contribution in [0.25, 0.3) is 0 Å². The average Bonchev–Trinajstić information content (AvgIpc) is 2.90. The van der Waals surface area contributed by atoms with Crippen molar-refractivity contribution in [3.63, 3.8) is 0 Å². The molecule has 1 fully saturated rings. The molecule has 2 rings (SSSR count). The van der Waals surface area contributed by atoms with E-state index in [9.17, 15) is 0 Å². The maximum absolute atomic E-state index is 5.32. The third kappa shape index (κ3) is 3.16. The largest absolute Gasteiger partial charge is 0.493 e. The molecule has 0 aliphatic carbocycles. The van der Waals surface area contributed by atoms with Crippen molar-refractivity contribution < 1.29 is 9.47 Å². The van der Waals surface area contributed by atoms with Crippen LogP contribution in [0.1, 0.15) is 12.0 Å². The van der Waals surface area contributed by atoms with Gasteiger partial charge in [0.1, 0.15) is 0 Å². The second-order valence-electron chi connectivity index (χ2n) is 4.37. The fraction of sp³-hybridized carbons (Fsp3) is 0.538. The molecule has 2 N–H and O–H groups in total. The van der Waals surface area contributed by atoms with Gasteiger partial charge in [0.2, 0.25) is 0 Å². The second-order valence-corrected chi connectivity index (χ2v) is 5.22. The maximum Gasteiger partial charge on any atom is 0.161 e. The molecule has 18 heavy (non-hydrogen) atoms. The molecule has 1 saturated heterocycles. The molecule has 100 valence electrons. The molecule has 1 aliphatic heterocycles. The van der Waals surface area contributed by atoms with E-state index in [4.69, 9.17) is 9.47 Å². The lowest BCUT2D eigenvalue weighted by atomic mass is 10.1. The highest BCUT2D eigenvalue weighted by Gasteiger charge is 2.15. The van der Waals surface area contributed by atoms with Gasteiger partial charge in [-0.25, -0.2) is 0 Å². The maximum atomic E-state index is 5.32. The Balaban J connectivity index is 2.06. The molecule has 1 atom stereocenters. The number of methoxy groups -OCH3 is 2. The molecule has 0 amide bonds. The van der Waals surface area contributed by atoms with Crippen LogP contribution in [0.4, 0.5) is 0 Å². The predicted molar refractivity (Wildman–Crippen MR) is 75.4 cm³/mol. The van der Waals surface area contributed by atoms with Crippen molar-refractivity contribution in [2.24, 2.45) is 0 Å². The highest BCUT2D eigenvalue weighted by atomic mass is 79.9. The third-order valence-corrected chi connectivity index (χ3v) is 3.93. The molecule has 1 unspecified atom stereocenters. The fourth-order valence-corrected chi connectivity index (χ4v) is 2.58. The smallest absolute Gasteiger partial charge is 0.161 e. The Morgan fingerprint density at radius 2 is 2.06 bits per heavy atom. The Morgan fingerprint density at radius 1 is 1.33 bits per heavy atom. The van der Waals surface area contributed by atoms with Crippen molar-refractivity contribution in [3.05, 3.63) is 22.2 Å². The number of halogens is 1. The van der Waals surface area contributed by atoms with E-state index in [2.05, 4.69) is 26.6 Å². The Bertz CT molecular complexity index is 406. The van der Waals surface area contributed by atoms with Crippen LogP contribution >= 0.6 is 15.9 Å². The molecule has 4 nitrogen and oxygen atoms in total. The summed E-state index contributed by atoms with van der Waals surface area (Å²) in [6, 6.07) is 4.52. The zero-order valence-corrected chi connectivity index (χ0v) is 12.3. The third-order valence-electron chi connectivity index (χ3n) is 3.19. The standard InChI is InChI=1S/C13H19BrN2O2/c1-17-12-5-9(11(14)6-13(12)18-2)7-16-10-3-4-15-8-10/h5-6,10,15-16H,3-4,7-8H2,1-2H3. The number of benzene rings is 1. The summed E-state index contributed by atoms with van der Waals surface area (Å²) in [4.78, 5) is 0. The Morgan fingerprint density at radius 3 is 2.67 bits per heavy atom. The van der Waals surface area contributed by atoms with Gasteiger partial charge >= 0.3 is 0 Å². The first-order chi connectivity index (χ1) is 8.74. The molecular formula is C13H19BrN2O2. The second kappa shape index (κ2) is 6.41. The molecule has 0 bridgehead atoms. The van der Waals surface area contributed by atoms with Gasteiger partial charge in [0, 0.05) is 23.6 Å². The van der Waals surface area contributed by atoms with Crippen LogP contribution in [-0.4, -0.2) is 33.4 Å². The van der Waals surface area contributed by atoms with Crippen LogP contribution in [0, 0.1) is 0 Å². The molecule has 0 radical (unpaired) electrons. The van der Waals surface area contributed by atoms with E-state index in [1.54, 1.807) is 14.2 Å². The number of hydrogen-bond donors (Lipinski definition) is 2. The Labute approximate surface area is 116 Å². The van der Waals surface area contributed by atoms with Crippen LogP contribution < -0.4 is 20.1 Å². The van der Waals surface area contributed by atoms with Gasteiger partial charge in [-0.2, -0.15) is 0 Å². The first-order valence-corrected chi connectivity index (χ1v) is 6.88. The lowest BCUT2D eigenvalue weighted by Crippen LogP contribution is -2.30. The number of nitrogens with one attached hydrogen (secondary N) is 2. The van der Waals surface area contributed by atoms with E-state index >= 15 is 0 Å². The van der Waals surface area contributed by atoms with Crippen molar-refractivity contribution >= 4 is 15.9 Å². The quantitative estimate of drug-likeness (QED) is 0.871. The topological polar surface area (TPSA) is 42.5 Å². The first kappa shape index (κ1) is 13.6. The van der Waals surface area contributed by atoms with Gasteiger partial charge in [0.05, 0.1) is 14.2 Å². The van der Waals surface area contributed by atoms with E-state index in [0.29, 0.717) is 6.04 Å². The number of ether oxygens (including phenoxy) is 2. The van der Waals surface area contributed by atoms with Gasteiger partial charge in [-0.3, -0.25) is 0 Å². The summed E-state index contributed by atoms with van der Waals surface area (Å²) in [5.41, 5.74) is 1.18. The van der Waals surface area contributed by atoms with Crippen LogP contribution in [0.15, 0.2) is 16.6 Å². The van der Waals surface area contributed by atoms with Crippen LogP contribution in [-0.2, 0) is 6.54 Å². The predicted octanol–water partition coefficient (Wildman–Crippen LogP) is 1.92. The summed E-state index contributed by atoms with van der Waals surface area (Å²) >= 11 is 3.57. The summed E-state index contributed by atoms with van der Waals surface area (Å²) in [5.74, 6) is 1.51. The molecule has 1 aromatic carbocycles. The van der Waals surface area contributed by atoms with Gasteiger partial charge in [0.25, 0.3) is 0 Å². The highest BCUT2D eigenvalue weighted by Crippen LogP contribution is 2.33. The van der Waals surface area contributed by atoms with Crippen molar-refractivity contribution in [1.29, 1.82) is 0 Å². The van der Waals surface area contributed by atoms with E-state index in [1.807, 2.05) is 12.1 Å². The van der Waals surface area contributed by atoms with E-state index in [0.717, 1.165) is 35.6 Å². The monoisotopic (exact) mass is 314 g/mol. The van der Waals surface area contributed by atoms with Gasteiger partial charge in [0.15, 0.2) is 11.5 Å². The average molecular weight is 315 g/mol. The zero-order valence-electron chi connectivity index (χ0n) is 10.8. The Kier molecular flexibility index (Phi) is 4.86. The summed E-state index contributed by atoms with van der Waals surface area (Å²) in [6.45, 7) is 2.98. The van der Waals surface area contributed by atoms with E-state index in [-0.39, 0.29) is 0 Å². The van der Waals surface area contributed by atoms with Crippen molar-refractivity contribution in [2.75, 3.05) is 27.3 Å². The molecule has 1 heterocycles. The van der Waals surface area contributed by atoms with Crippen LogP contribution in [0.3, 0.4) is 0 Å². The first-order valence-electron chi connectivity index (χ1n) is 6.09. The minimum Gasteiger partial charge on any atom is -0.493 e. The van der Waals surface area contributed by atoms with E-state index < -0.39 is 0 Å². The Hall–Kier alpha value is -0.780. The summed E-state index contributed by atoms with van der Waals surface area (Å²) < 4.78 is 11.6. The molecular weight excluding hydrogens is 296 g/mol. The summed E-state index contributed by atoms with van der Waals surface area (Å²) in [6.07, 6.45) is 1.19. The van der Waals surface area contributed by atoms with Gasteiger partial charge < -0.3 is 20.1 Å². The zero-order chi connectivity index (χ0) is 13.0. The summed E-state index contributed by atoms with van der Waals surface area (Å²) in [5, 5.41) is 6.88. The van der Waals surface area contributed by atoms with Crippen LogP contribution in [0.2, 0.25) is 0 Å². The fourth-order valence-electron chi connectivity index (χ4n) is 2.11. The van der Waals surface area contributed by atoms with E-state index in [1.165, 1.54) is 12.0 Å². The minimum atomic E-state index is 0.560. The van der Waals surface area contributed by atoms with Gasteiger partial charge in [-0.05, 0) is 30.7 Å². The van der Waals surface area contributed by atoms with Gasteiger partial charge in [-0.15, -0.1) is 0 Å². The van der Waals surface area contributed by atoms with Crippen molar-refractivity contribution in [1.82, 2.24) is 10.6 Å². The highest BCUT2D eigenvalue weighted by molar-refractivity contribution is 9.10. The van der Waals surface area contributed by atoms with Crippen LogP contribution in [0.5, 0.6) is 11.5 Å². The van der Waals surface area contributed by atoms with Crippen molar-refractivity contribution in [2.45, 2.75) is 19.0 Å². The normalized spacial score (nSPS) is 18.9. The molecule has 5 heteroatoms. The lowest BCUT2D eigenvalue weighted by Gasteiger charge is -2.15. The minimum absolute atomic E-state index is 0.560. The molecule has 0 spiro atoms.